The Morgan fingerprint density at radius 2 is 2.31 bits per heavy atom. The van der Waals surface area contributed by atoms with Crippen LogP contribution in [0.4, 0.5) is 0 Å². The third kappa shape index (κ3) is 3.76. The van der Waals surface area contributed by atoms with Crippen molar-refractivity contribution in [3.63, 3.8) is 0 Å². The molecule has 0 unspecified atom stereocenters. The molecule has 0 aliphatic heterocycles. The zero-order chi connectivity index (χ0) is 12.0. The highest BCUT2D eigenvalue weighted by Gasteiger charge is 2.35. The normalized spacial score (nSPS) is 30.1. The number of aliphatic hydroxyl groups is 1. The van der Waals surface area contributed by atoms with Gasteiger partial charge in [0.15, 0.2) is 0 Å². The first kappa shape index (κ1) is 13.5. The third-order valence-corrected chi connectivity index (χ3v) is 3.50. The Hall–Kier alpha value is -0.610. The Morgan fingerprint density at radius 3 is 2.94 bits per heavy atom. The SMILES string of the molecule is COCCC(=O)NC[C@@]1(C)CCCC[C@@H]1O. The molecule has 1 aliphatic carbocycles. The lowest BCUT2D eigenvalue weighted by molar-refractivity contribution is -0.123. The monoisotopic (exact) mass is 229 g/mol. The van der Waals surface area contributed by atoms with Gasteiger partial charge in [-0.1, -0.05) is 19.8 Å². The summed E-state index contributed by atoms with van der Waals surface area (Å²) in [6.45, 7) is 3.06. The third-order valence-electron chi connectivity index (χ3n) is 3.50. The zero-order valence-electron chi connectivity index (χ0n) is 10.3. The van der Waals surface area contributed by atoms with Crippen molar-refractivity contribution >= 4 is 5.91 Å². The minimum Gasteiger partial charge on any atom is -0.392 e. The number of carbonyl (C=O) groups excluding carboxylic acids is 1. The van der Waals surface area contributed by atoms with E-state index in [0.717, 1.165) is 25.7 Å². The molecule has 1 saturated carbocycles. The van der Waals surface area contributed by atoms with Gasteiger partial charge in [0, 0.05) is 25.5 Å². The molecule has 4 nitrogen and oxygen atoms in total. The minimum atomic E-state index is -0.288. The van der Waals surface area contributed by atoms with Crippen molar-refractivity contribution in [3.05, 3.63) is 0 Å². The zero-order valence-corrected chi connectivity index (χ0v) is 10.3. The lowest BCUT2D eigenvalue weighted by atomic mass is 9.73. The van der Waals surface area contributed by atoms with Crippen molar-refractivity contribution in [2.75, 3.05) is 20.3 Å². The van der Waals surface area contributed by atoms with E-state index in [0.29, 0.717) is 19.6 Å². The Labute approximate surface area is 97.4 Å². The summed E-state index contributed by atoms with van der Waals surface area (Å²) < 4.78 is 4.84. The van der Waals surface area contributed by atoms with E-state index in [2.05, 4.69) is 5.32 Å². The molecule has 1 amide bonds. The number of nitrogens with one attached hydrogen (secondary N) is 1. The van der Waals surface area contributed by atoms with Crippen molar-refractivity contribution in [2.45, 2.75) is 45.1 Å². The van der Waals surface area contributed by atoms with Crippen LogP contribution in [-0.4, -0.2) is 37.4 Å². The average molecular weight is 229 g/mol. The lowest BCUT2D eigenvalue weighted by Crippen LogP contribution is -2.45. The Kier molecular flexibility index (Phi) is 5.22. The number of amides is 1. The highest BCUT2D eigenvalue weighted by Crippen LogP contribution is 2.35. The van der Waals surface area contributed by atoms with Crippen molar-refractivity contribution < 1.29 is 14.6 Å². The molecule has 0 saturated heterocycles. The smallest absolute Gasteiger partial charge is 0.222 e. The van der Waals surface area contributed by atoms with Crippen LogP contribution in [0.3, 0.4) is 0 Å². The number of methoxy groups -OCH3 is 1. The molecule has 1 aliphatic rings. The molecule has 2 atom stereocenters. The molecule has 1 fully saturated rings. The van der Waals surface area contributed by atoms with Crippen molar-refractivity contribution in [2.24, 2.45) is 5.41 Å². The fraction of sp³-hybridized carbons (Fsp3) is 0.917. The van der Waals surface area contributed by atoms with Gasteiger partial charge in [-0.05, 0) is 12.8 Å². The molecular formula is C12H23NO3. The van der Waals surface area contributed by atoms with Crippen LogP contribution in [0.5, 0.6) is 0 Å². The minimum absolute atomic E-state index is 0.000786. The highest BCUT2D eigenvalue weighted by atomic mass is 16.5. The van der Waals surface area contributed by atoms with Crippen LogP contribution in [0.2, 0.25) is 0 Å². The summed E-state index contributed by atoms with van der Waals surface area (Å²) in [4.78, 5) is 11.4. The molecule has 94 valence electrons. The Morgan fingerprint density at radius 1 is 1.56 bits per heavy atom. The lowest BCUT2D eigenvalue weighted by Gasteiger charge is -2.38. The van der Waals surface area contributed by atoms with Gasteiger partial charge in [0.1, 0.15) is 0 Å². The first-order valence-electron chi connectivity index (χ1n) is 6.02. The van der Waals surface area contributed by atoms with Crippen LogP contribution in [0, 0.1) is 5.41 Å². The standard InChI is InChI=1S/C12H23NO3/c1-12(7-4-3-5-10(12)14)9-13-11(15)6-8-16-2/h10,14H,3-9H2,1-2H3,(H,13,15)/t10-,12+/m0/s1. The van der Waals surface area contributed by atoms with Gasteiger partial charge in [-0.15, -0.1) is 0 Å². The number of rotatable bonds is 5. The fourth-order valence-corrected chi connectivity index (χ4v) is 2.17. The molecule has 2 N–H and O–H groups in total. The summed E-state index contributed by atoms with van der Waals surface area (Å²) in [7, 11) is 1.58. The quantitative estimate of drug-likeness (QED) is 0.741. The van der Waals surface area contributed by atoms with E-state index in [-0.39, 0.29) is 17.4 Å². The van der Waals surface area contributed by atoms with E-state index < -0.39 is 0 Å². The number of hydrogen-bond donors (Lipinski definition) is 2. The van der Waals surface area contributed by atoms with E-state index in [9.17, 15) is 9.90 Å². The second kappa shape index (κ2) is 6.21. The molecule has 0 aromatic heterocycles. The van der Waals surface area contributed by atoms with E-state index in [1.165, 1.54) is 0 Å². The average Bonchev–Trinajstić information content (AvgIpc) is 2.28. The first-order chi connectivity index (χ1) is 7.58. The van der Waals surface area contributed by atoms with Gasteiger partial charge in [0.2, 0.25) is 5.91 Å². The topological polar surface area (TPSA) is 58.6 Å². The van der Waals surface area contributed by atoms with Crippen LogP contribution in [0.15, 0.2) is 0 Å². The number of hydrogen-bond acceptors (Lipinski definition) is 3. The van der Waals surface area contributed by atoms with E-state index in [1.807, 2.05) is 6.92 Å². The van der Waals surface area contributed by atoms with Gasteiger partial charge in [-0.3, -0.25) is 4.79 Å². The second-order valence-electron chi connectivity index (χ2n) is 4.94. The second-order valence-corrected chi connectivity index (χ2v) is 4.94. The first-order valence-corrected chi connectivity index (χ1v) is 6.02. The molecule has 0 spiro atoms. The van der Waals surface area contributed by atoms with Crippen LogP contribution >= 0.6 is 0 Å². The van der Waals surface area contributed by atoms with E-state index in [1.54, 1.807) is 7.11 Å². The van der Waals surface area contributed by atoms with Crippen LogP contribution in [0.1, 0.15) is 39.0 Å². The predicted molar refractivity (Wildman–Crippen MR) is 62.1 cm³/mol. The van der Waals surface area contributed by atoms with Crippen LogP contribution in [-0.2, 0) is 9.53 Å². The summed E-state index contributed by atoms with van der Waals surface area (Å²) >= 11 is 0. The molecule has 16 heavy (non-hydrogen) atoms. The van der Waals surface area contributed by atoms with Crippen molar-refractivity contribution in [1.82, 2.24) is 5.32 Å². The van der Waals surface area contributed by atoms with Gasteiger partial charge >= 0.3 is 0 Å². The van der Waals surface area contributed by atoms with Crippen LogP contribution in [0.25, 0.3) is 0 Å². The van der Waals surface area contributed by atoms with Gasteiger partial charge in [-0.2, -0.15) is 0 Å². The highest BCUT2D eigenvalue weighted by molar-refractivity contribution is 5.76. The molecule has 0 aromatic rings. The van der Waals surface area contributed by atoms with Gasteiger partial charge in [0.05, 0.1) is 12.7 Å². The molecule has 4 heteroatoms. The largest absolute Gasteiger partial charge is 0.392 e. The molecule has 0 bridgehead atoms. The maximum atomic E-state index is 11.4. The summed E-state index contributed by atoms with van der Waals surface area (Å²) in [6.07, 6.45) is 4.17. The summed E-state index contributed by atoms with van der Waals surface area (Å²) in [5.74, 6) is 0.000786. The van der Waals surface area contributed by atoms with Crippen molar-refractivity contribution in [1.29, 1.82) is 0 Å². The van der Waals surface area contributed by atoms with E-state index >= 15 is 0 Å². The van der Waals surface area contributed by atoms with Gasteiger partial charge in [-0.25, -0.2) is 0 Å². The summed E-state index contributed by atoms with van der Waals surface area (Å²) in [5, 5.41) is 12.8. The van der Waals surface area contributed by atoms with Gasteiger partial charge in [0.25, 0.3) is 0 Å². The fourth-order valence-electron chi connectivity index (χ4n) is 2.17. The Bertz CT molecular complexity index is 232. The number of aliphatic hydroxyl groups excluding tert-OH is 1. The molecule has 1 rings (SSSR count). The number of carbonyl (C=O) groups is 1. The molecule has 0 radical (unpaired) electrons. The number of ether oxygens (including phenoxy) is 1. The maximum Gasteiger partial charge on any atom is 0.222 e. The predicted octanol–water partition coefficient (Wildman–Crippen LogP) is 1.08. The van der Waals surface area contributed by atoms with Crippen LogP contribution < -0.4 is 5.32 Å². The summed E-state index contributed by atoms with van der Waals surface area (Å²) in [6, 6.07) is 0. The van der Waals surface area contributed by atoms with Gasteiger partial charge < -0.3 is 15.2 Å². The van der Waals surface area contributed by atoms with E-state index in [4.69, 9.17) is 4.74 Å². The van der Waals surface area contributed by atoms with Crippen molar-refractivity contribution in [3.8, 4) is 0 Å². The summed E-state index contributed by atoms with van der Waals surface area (Å²) in [5.41, 5.74) is -0.152. The Balaban J connectivity index is 2.32. The maximum absolute atomic E-state index is 11.4. The molecule has 0 heterocycles. The molecular weight excluding hydrogens is 206 g/mol. The molecule has 0 aromatic carbocycles.